The van der Waals surface area contributed by atoms with Crippen LogP contribution in [0.4, 0.5) is 0 Å². The number of thiazole rings is 1. The zero-order chi connectivity index (χ0) is 30.5. The number of phenols is 1. The van der Waals surface area contributed by atoms with E-state index in [-0.39, 0.29) is 29.2 Å². The summed E-state index contributed by atoms with van der Waals surface area (Å²) in [5.41, 5.74) is 2.78. The maximum absolute atomic E-state index is 13.7. The van der Waals surface area contributed by atoms with E-state index < -0.39 is 12.0 Å². The van der Waals surface area contributed by atoms with Gasteiger partial charge in [0.2, 0.25) is 0 Å². The molecule has 5 rings (SSSR count). The molecule has 43 heavy (non-hydrogen) atoms. The fraction of sp³-hybridized carbons (Fsp3) is 0.242. The van der Waals surface area contributed by atoms with Crippen LogP contribution < -0.4 is 29.1 Å². The maximum atomic E-state index is 13.7. The van der Waals surface area contributed by atoms with Gasteiger partial charge >= 0.3 is 5.97 Å². The normalized spacial score (nSPS) is 14.6. The molecule has 1 N–H and O–H groups in total. The summed E-state index contributed by atoms with van der Waals surface area (Å²) in [5, 5.41) is 10.1. The van der Waals surface area contributed by atoms with Crippen LogP contribution in [0.3, 0.4) is 0 Å². The van der Waals surface area contributed by atoms with Gasteiger partial charge in [-0.2, -0.15) is 0 Å². The summed E-state index contributed by atoms with van der Waals surface area (Å²) >= 11 is 1.22. The van der Waals surface area contributed by atoms with Crippen LogP contribution in [0.1, 0.15) is 43.5 Å². The highest BCUT2D eigenvalue weighted by atomic mass is 32.1. The molecule has 0 unspecified atom stereocenters. The first-order valence-electron chi connectivity index (χ1n) is 13.8. The number of hydrogen-bond donors (Lipinski definition) is 1. The predicted molar refractivity (Wildman–Crippen MR) is 164 cm³/mol. The quantitative estimate of drug-likeness (QED) is 0.265. The maximum Gasteiger partial charge on any atom is 0.338 e. The van der Waals surface area contributed by atoms with Crippen LogP contribution >= 0.6 is 11.3 Å². The van der Waals surface area contributed by atoms with Gasteiger partial charge in [0, 0.05) is 5.70 Å². The Balaban J connectivity index is 1.57. The van der Waals surface area contributed by atoms with Crippen molar-refractivity contribution in [1.29, 1.82) is 0 Å². The summed E-state index contributed by atoms with van der Waals surface area (Å²) in [7, 11) is 1.45. The minimum absolute atomic E-state index is 0.0340. The molecule has 0 aliphatic carbocycles. The number of aromatic nitrogens is 1. The number of phenolic OH excluding ortho intramolecular Hbond substituents is 1. The van der Waals surface area contributed by atoms with Crippen molar-refractivity contribution in [3.63, 3.8) is 0 Å². The number of carbonyl (C=O) groups excluding carboxylic acids is 1. The van der Waals surface area contributed by atoms with Crippen LogP contribution in [0, 0.1) is 0 Å². The van der Waals surface area contributed by atoms with Gasteiger partial charge in [0.05, 0.1) is 30.4 Å². The Morgan fingerprint density at radius 3 is 2.51 bits per heavy atom. The van der Waals surface area contributed by atoms with E-state index in [9.17, 15) is 14.7 Å². The van der Waals surface area contributed by atoms with Crippen molar-refractivity contribution in [3.05, 3.63) is 109 Å². The van der Waals surface area contributed by atoms with E-state index in [1.807, 2.05) is 55.5 Å². The molecule has 0 bridgehead atoms. The number of aromatic hydroxyl groups is 1. The van der Waals surface area contributed by atoms with Gasteiger partial charge in [0.25, 0.3) is 5.56 Å². The standard InChI is InChI=1S/C33H32N2O7S/c1-5-40-27-16-22(12-15-25(27)42-19-21-10-8-7-9-11-21)17-28-31(37)35-20(3)29(32(38)41-6-2)30(34-33(35)43-28)23-13-14-24(36)26(18-23)39-4/h7-18,30,36H,5-6,19H2,1-4H3/b28-17-/t30-/m1/s1. The summed E-state index contributed by atoms with van der Waals surface area (Å²) in [6, 6.07) is 19.4. The highest BCUT2D eigenvalue weighted by Crippen LogP contribution is 2.36. The topological polar surface area (TPSA) is 109 Å². The van der Waals surface area contributed by atoms with Crippen molar-refractivity contribution in [2.24, 2.45) is 4.99 Å². The van der Waals surface area contributed by atoms with Crippen LogP contribution in [-0.2, 0) is 16.1 Å². The Bertz CT molecular complexity index is 1860. The highest BCUT2D eigenvalue weighted by Gasteiger charge is 2.32. The first kappa shape index (κ1) is 29.7. The molecule has 1 aromatic heterocycles. The molecule has 4 aromatic rings. The van der Waals surface area contributed by atoms with Crippen LogP contribution in [0.15, 0.2) is 82.1 Å². The number of allylic oxidation sites excluding steroid dienone is 1. The van der Waals surface area contributed by atoms with Crippen molar-refractivity contribution in [3.8, 4) is 23.0 Å². The number of hydrogen-bond acceptors (Lipinski definition) is 9. The Kier molecular flexibility index (Phi) is 8.96. The van der Waals surface area contributed by atoms with Gasteiger partial charge in [-0.1, -0.05) is 53.8 Å². The first-order chi connectivity index (χ1) is 20.8. The monoisotopic (exact) mass is 600 g/mol. The predicted octanol–water partition coefficient (Wildman–Crippen LogP) is 4.60. The number of carbonyl (C=O) groups is 1. The molecular formula is C33H32N2O7S. The van der Waals surface area contributed by atoms with E-state index in [4.69, 9.17) is 23.9 Å². The molecule has 2 heterocycles. The van der Waals surface area contributed by atoms with Crippen LogP contribution in [-0.4, -0.2) is 36.0 Å². The second-order valence-electron chi connectivity index (χ2n) is 9.63. The number of benzene rings is 3. The molecule has 0 radical (unpaired) electrons. The largest absolute Gasteiger partial charge is 0.504 e. The number of ether oxygens (including phenoxy) is 4. The van der Waals surface area contributed by atoms with Gasteiger partial charge < -0.3 is 24.1 Å². The van der Waals surface area contributed by atoms with Crippen LogP contribution in [0.5, 0.6) is 23.0 Å². The van der Waals surface area contributed by atoms with Gasteiger partial charge in [-0.3, -0.25) is 9.36 Å². The fourth-order valence-electron chi connectivity index (χ4n) is 4.81. The molecule has 1 aliphatic heterocycles. The molecule has 0 saturated carbocycles. The smallest absolute Gasteiger partial charge is 0.338 e. The molecule has 0 saturated heterocycles. The summed E-state index contributed by atoms with van der Waals surface area (Å²) in [4.78, 5) is 32.1. The van der Waals surface area contributed by atoms with Crippen LogP contribution in [0.25, 0.3) is 11.8 Å². The van der Waals surface area contributed by atoms with Crippen molar-refractivity contribution < 1.29 is 28.8 Å². The molecule has 0 spiro atoms. The van der Waals surface area contributed by atoms with Gasteiger partial charge in [0.15, 0.2) is 27.8 Å². The third-order valence-electron chi connectivity index (χ3n) is 6.86. The van der Waals surface area contributed by atoms with E-state index in [1.165, 1.54) is 29.1 Å². The Hall–Kier alpha value is -4.83. The Morgan fingerprint density at radius 1 is 1.00 bits per heavy atom. The second kappa shape index (κ2) is 13.0. The Morgan fingerprint density at radius 2 is 1.79 bits per heavy atom. The van der Waals surface area contributed by atoms with Crippen molar-refractivity contribution in [2.45, 2.75) is 33.4 Å². The molecule has 0 amide bonds. The van der Waals surface area contributed by atoms with E-state index in [1.54, 1.807) is 32.1 Å². The number of esters is 1. The van der Waals surface area contributed by atoms with E-state index in [0.29, 0.717) is 45.3 Å². The molecule has 3 aromatic carbocycles. The zero-order valence-electron chi connectivity index (χ0n) is 24.3. The lowest BCUT2D eigenvalue weighted by molar-refractivity contribution is -0.138. The molecule has 9 nitrogen and oxygen atoms in total. The minimum atomic E-state index is -0.759. The molecule has 0 fully saturated rings. The summed E-state index contributed by atoms with van der Waals surface area (Å²) < 4.78 is 24.4. The molecule has 1 atom stereocenters. The summed E-state index contributed by atoms with van der Waals surface area (Å²) in [6.07, 6.45) is 1.77. The van der Waals surface area contributed by atoms with Gasteiger partial charge in [-0.25, -0.2) is 9.79 Å². The highest BCUT2D eigenvalue weighted by molar-refractivity contribution is 7.07. The number of methoxy groups -OCH3 is 1. The zero-order valence-corrected chi connectivity index (χ0v) is 25.1. The van der Waals surface area contributed by atoms with Crippen molar-refractivity contribution in [2.75, 3.05) is 20.3 Å². The molecular weight excluding hydrogens is 568 g/mol. The van der Waals surface area contributed by atoms with Gasteiger partial charge in [-0.05, 0) is 67.8 Å². The van der Waals surface area contributed by atoms with E-state index in [2.05, 4.69) is 0 Å². The number of rotatable bonds is 10. The number of nitrogens with zero attached hydrogens (tertiary/aromatic N) is 2. The number of fused-ring (bicyclic) bond motifs is 1. The van der Waals surface area contributed by atoms with E-state index >= 15 is 0 Å². The minimum Gasteiger partial charge on any atom is -0.504 e. The van der Waals surface area contributed by atoms with Crippen molar-refractivity contribution in [1.82, 2.24) is 4.57 Å². The van der Waals surface area contributed by atoms with E-state index in [0.717, 1.165) is 11.1 Å². The third-order valence-corrected chi connectivity index (χ3v) is 7.84. The average Bonchev–Trinajstić information content (AvgIpc) is 3.32. The van der Waals surface area contributed by atoms with Crippen molar-refractivity contribution >= 4 is 29.1 Å². The lowest BCUT2D eigenvalue weighted by Gasteiger charge is -2.22. The molecule has 10 heteroatoms. The lowest BCUT2D eigenvalue weighted by Crippen LogP contribution is -2.35. The van der Waals surface area contributed by atoms with Gasteiger partial charge in [-0.15, -0.1) is 0 Å². The third kappa shape index (κ3) is 6.19. The SMILES string of the molecule is CCOC(=O)C1=C(C)n2c(s/c(=C\c3ccc(OCc4ccccc4)c(OCC)c3)c2=O)=N[C@@H]1c1ccc(O)c(OC)c1. The summed E-state index contributed by atoms with van der Waals surface area (Å²) in [6.45, 7) is 6.33. The fourth-order valence-corrected chi connectivity index (χ4v) is 5.85. The molecule has 1 aliphatic rings. The lowest BCUT2D eigenvalue weighted by atomic mass is 9.96. The summed E-state index contributed by atoms with van der Waals surface area (Å²) in [5.74, 6) is 0.819. The Labute approximate surface area is 252 Å². The molecule has 222 valence electrons. The average molecular weight is 601 g/mol. The van der Waals surface area contributed by atoms with Crippen LogP contribution in [0.2, 0.25) is 0 Å². The van der Waals surface area contributed by atoms with Gasteiger partial charge in [0.1, 0.15) is 12.6 Å². The first-order valence-corrected chi connectivity index (χ1v) is 14.7. The second-order valence-corrected chi connectivity index (χ2v) is 10.6.